The molecule has 0 spiro atoms. The van der Waals surface area contributed by atoms with Crippen LogP contribution in [0.25, 0.3) is 10.9 Å². The van der Waals surface area contributed by atoms with Gasteiger partial charge in [-0.25, -0.2) is 0 Å². The molecule has 2 N–H and O–H groups in total. The van der Waals surface area contributed by atoms with E-state index < -0.39 is 0 Å². The van der Waals surface area contributed by atoms with Crippen LogP contribution in [0.4, 0.5) is 0 Å². The third kappa shape index (κ3) is 3.24. The van der Waals surface area contributed by atoms with E-state index in [4.69, 9.17) is 23.2 Å². The van der Waals surface area contributed by atoms with Crippen molar-refractivity contribution >= 4 is 34.1 Å². The molecule has 1 heterocycles. The second-order valence-corrected chi connectivity index (χ2v) is 6.03. The number of benzene rings is 2. The van der Waals surface area contributed by atoms with Crippen LogP contribution in [0.5, 0.6) is 0 Å². The normalized spacial score (nSPS) is 12.7. The topological polar surface area (TPSA) is 27.8 Å². The Balaban J connectivity index is 1.72. The van der Waals surface area contributed by atoms with Crippen LogP contribution < -0.4 is 5.32 Å². The standard InChI is InChI=1S/C17H16Cl2N2/c1-11(12-2-4-14(18)5-3-12)20-9-13-10-21-17-8-15(19)6-7-16(13)17/h2-8,10-11,20-21H,9H2,1H3/t11-/m0/s1. The van der Waals surface area contributed by atoms with Crippen molar-refractivity contribution in [2.45, 2.75) is 19.5 Å². The molecule has 0 saturated carbocycles. The van der Waals surface area contributed by atoms with Gasteiger partial charge in [-0.05, 0) is 42.3 Å². The van der Waals surface area contributed by atoms with Gasteiger partial charge < -0.3 is 10.3 Å². The Bertz CT molecular complexity index is 747. The second kappa shape index (κ2) is 6.10. The SMILES string of the molecule is C[C@H](NCc1c[nH]c2cc(Cl)ccc12)c1ccc(Cl)cc1. The summed E-state index contributed by atoms with van der Waals surface area (Å²) in [6.07, 6.45) is 2.03. The molecule has 0 bridgehead atoms. The van der Waals surface area contributed by atoms with Crippen LogP contribution in [0, 0.1) is 0 Å². The Morgan fingerprint density at radius 3 is 2.52 bits per heavy atom. The lowest BCUT2D eigenvalue weighted by Crippen LogP contribution is -2.17. The number of nitrogens with one attached hydrogen (secondary N) is 2. The van der Waals surface area contributed by atoms with Crippen LogP contribution in [-0.4, -0.2) is 4.98 Å². The molecule has 0 saturated heterocycles. The fourth-order valence-electron chi connectivity index (χ4n) is 2.44. The molecule has 2 nitrogen and oxygen atoms in total. The molecule has 2 aromatic carbocycles. The Labute approximate surface area is 134 Å². The first-order valence-corrected chi connectivity index (χ1v) is 7.63. The van der Waals surface area contributed by atoms with Crippen LogP contribution in [0.3, 0.4) is 0 Å². The average Bonchev–Trinajstić information content (AvgIpc) is 2.87. The minimum atomic E-state index is 0.263. The van der Waals surface area contributed by atoms with Gasteiger partial charge in [-0.1, -0.05) is 41.4 Å². The maximum Gasteiger partial charge on any atom is 0.0472 e. The summed E-state index contributed by atoms with van der Waals surface area (Å²) in [6, 6.07) is 14.1. The quantitative estimate of drug-likeness (QED) is 0.669. The van der Waals surface area contributed by atoms with Gasteiger partial charge in [-0.3, -0.25) is 0 Å². The van der Waals surface area contributed by atoms with Crippen molar-refractivity contribution in [3.8, 4) is 0 Å². The molecule has 4 heteroatoms. The molecule has 3 rings (SSSR count). The van der Waals surface area contributed by atoms with Crippen LogP contribution >= 0.6 is 23.2 Å². The predicted molar refractivity (Wildman–Crippen MR) is 90.0 cm³/mol. The number of H-pyrrole nitrogens is 1. The highest BCUT2D eigenvalue weighted by molar-refractivity contribution is 6.31. The van der Waals surface area contributed by atoms with E-state index >= 15 is 0 Å². The zero-order valence-corrected chi connectivity index (χ0v) is 13.2. The van der Waals surface area contributed by atoms with Crippen molar-refractivity contribution in [2.24, 2.45) is 0 Å². The van der Waals surface area contributed by atoms with Crippen molar-refractivity contribution in [1.29, 1.82) is 0 Å². The number of hydrogen-bond acceptors (Lipinski definition) is 1. The van der Waals surface area contributed by atoms with Gasteiger partial charge in [0.1, 0.15) is 0 Å². The number of hydrogen-bond donors (Lipinski definition) is 2. The summed E-state index contributed by atoms with van der Waals surface area (Å²) in [5, 5.41) is 6.25. The van der Waals surface area contributed by atoms with Crippen LogP contribution in [0.15, 0.2) is 48.7 Å². The highest BCUT2D eigenvalue weighted by atomic mass is 35.5. The number of aromatic amines is 1. The van der Waals surface area contributed by atoms with Gasteiger partial charge in [0, 0.05) is 39.7 Å². The van der Waals surface area contributed by atoms with Crippen LogP contribution in [0.1, 0.15) is 24.1 Å². The zero-order chi connectivity index (χ0) is 14.8. The molecule has 0 aliphatic heterocycles. The first-order chi connectivity index (χ1) is 10.1. The Morgan fingerprint density at radius 2 is 1.76 bits per heavy atom. The highest BCUT2D eigenvalue weighted by Crippen LogP contribution is 2.23. The van der Waals surface area contributed by atoms with Gasteiger partial charge in [-0.2, -0.15) is 0 Å². The van der Waals surface area contributed by atoms with Gasteiger partial charge in [0.05, 0.1) is 0 Å². The molecule has 1 atom stereocenters. The predicted octanol–water partition coefficient (Wildman–Crippen LogP) is 5.33. The van der Waals surface area contributed by atoms with E-state index in [2.05, 4.69) is 35.4 Å². The van der Waals surface area contributed by atoms with Crippen LogP contribution in [0.2, 0.25) is 10.0 Å². The van der Waals surface area contributed by atoms with Gasteiger partial charge in [0.25, 0.3) is 0 Å². The van der Waals surface area contributed by atoms with Crippen molar-refractivity contribution in [3.63, 3.8) is 0 Å². The molecule has 3 aromatic rings. The third-order valence-corrected chi connectivity index (χ3v) is 4.19. The molecule has 0 unspecified atom stereocenters. The summed E-state index contributed by atoms with van der Waals surface area (Å²) >= 11 is 11.9. The number of fused-ring (bicyclic) bond motifs is 1. The lowest BCUT2D eigenvalue weighted by atomic mass is 10.1. The Hall–Kier alpha value is -1.48. The average molecular weight is 319 g/mol. The lowest BCUT2D eigenvalue weighted by Gasteiger charge is -2.14. The van der Waals surface area contributed by atoms with Gasteiger partial charge in [-0.15, -0.1) is 0 Å². The Kier molecular flexibility index (Phi) is 4.20. The van der Waals surface area contributed by atoms with E-state index in [1.165, 1.54) is 16.5 Å². The monoisotopic (exact) mass is 318 g/mol. The third-order valence-electron chi connectivity index (χ3n) is 3.70. The first-order valence-electron chi connectivity index (χ1n) is 6.88. The van der Waals surface area contributed by atoms with Crippen molar-refractivity contribution < 1.29 is 0 Å². The molecule has 0 radical (unpaired) electrons. The van der Waals surface area contributed by atoms with E-state index in [0.29, 0.717) is 0 Å². The van der Waals surface area contributed by atoms with Crippen molar-refractivity contribution in [1.82, 2.24) is 10.3 Å². The van der Waals surface area contributed by atoms with E-state index in [0.717, 1.165) is 22.1 Å². The summed E-state index contributed by atoms with van der Waals surface area (Å²) < 4.78 is 0. The summed E-state index contributed by atoms with van der Waals surface area (Å²) in [7, 11) is 0. The molecule has 21 heavy (non-hydrogen) atoms. The lowest BCUT2D eigenvalue weighted by molar-refractivity contribution is 0.576. The van der Waals surface area contributed by atoms with Crippen molar-refractivity contribution in [2.75, 3.05) is 0 Å². The van der Waals surface area contributed by atoms with Gasteiger partial charge in [0.15, 0.2) is 0 Å². The molecular formula is C17H16Cl2N2. The van der Waals surface area contributed by atoms with E-state index in [-0.39, 0.29) is 6.04 Å². The van der Waals surface area contributed by atoms with E-state index in [1.54, 1.807) is 0 Å². The minimum absolute atomic E-state index is 0.263. The summed E-state index contributed by atoms with van der Waals surface area (Å²) in [5.74, 6) is 0. The molecule has 0 aliphatic rings. The van der Waals surface area contributed by atoms with Crippen molar-refractivity contribution in [3.05, 3.63) is 69.8 Å². The summed E-state index contributed by atoms with van der Waals surface area (Å²) in [5.41, 5.74) is 3.53. The molecule has 0 aliphatic carbocycles. The fourth-order valence-corrected chi connectivity index (χ4v) is 2.74. The van der Waals surface area contributed by atoms with Crippen LogP contribution in [-0.2, 0) is 6.54 Å². The Morgan fingerprint density at radius 1 is 1.05 bits per heavy atom. The largest absolute Gasteiger partial charge is 0.361 e. The van der Waals surface area contributed by atoms with E-state index in [1.807, 2.05) is 30.5 Å². The molecule has 0 fully saturated rings. The first kappa shape index (κ1) is 14.5. The highest BCUT2D eigenvalue weighted by Gasteiger charge is 2.08. The number of halogens is 2. The van der Waals surface area contributed by atoms with Gasteiger partial charge >= 0.3 is 0 Å². The maximum atomic E-state index is 6.00. The molecule has 0 amide bonds. The van der Waals surface area contributed by atoms with Gasteiger partial charge in [0.2, 0.25) is 0 Å². The zero-order valence-electron chi connectivity index (χ0n) is 11.7. The second-order valence-electron chi connectivity index (χ2n) is 5.16. The molecule has 108 valence electrons. The molecule has 1 aromatic heterocycles. The summed E-state index contributed by atoms with van der Waals surface area (Å²) in [6.45, 7) is 2.94. The number of rotatable bonds is 4. The smallest absolute Gasteiger partial charge is 0.0472 e. The van der Waals surface area contributed by atoms with E-state index in [9.17, 15) is 0 Å². The molecular weight excluding hydrogens is 303 g/mol. The minimum Gasteiger partial charge on any atom is -0.361 e. The fraction of sp³-hybridized carbons (Fsp3) is 0.176. The number of aromatic nitrogens is 1. The maximum absolute atomic E-state index is 6.00. The summed E-state index contributed by atoms with van der Waals surface area (Å²) in [4.78, 5) is 3.26.